The number of benzene rings is 1. The van der Waals surface area contributed by atoms with E-state index in [4.69, 9.17) is 0 Å². The summed E-state index contributed by atoms with van der Waals surface area (Å²) in [4.78, 5) is 23.2. The molecule has 1 N–H and O–H groups in total. The summed E-state index contributed by atoms with van der Waals surface area (Å²) in [6, 6.07) is 15.8. The van der Waals surface area contributed by atoms with Crippen LogP contribution in [0.25, 0.3) is 0 Å². The van der Waals surface area contributed by atoms with Gasteiger partial charge in [-0.1, -0.05) is 18.2 Å². The summed E-state index contributed by atoms with van der Waals surface area (Å²) in [5.74, 6) is -0.0527. The molecule has 130 valence electrons. The van der Waals surface area contributed by atoms with Gasteiger partial charge in [0.15, 0.2) is 0 Å². The number of fused-ring (bicyclic) bond motifs is 1. The zero-order chi connectivity index (χ0) is 17.9. The van der Waals surface area contributed by atoms with Gasteiger partial charge in [0, 0.05) is 30.7 Å². The third-order valence-electron chi connectivity index (χ3n) is 4.65. The molecule has 26 heavy (non-hydrogen) atoms. The Morgan fingerprint density at radius 2 is 1.96 bits per heavy atom. The number of hydrogen-bond donors (Lipinski definition) is 1. The van der Waals surface area contributed by atoms with Gasteiger partial charge in [0.25, 0.3) is 5.91 Å². The number of hydrogen-bond acceptors (Lipinski definition) is 4. The van der Waals surface area contributed by atoms with Gasteiger partial charge in [0.2, 0.25) is 0 Å². The van der Waals surface area contributed by atoms with Crippen LogP contribution in [0, 0.1) is 0 Å². The Morgan fingerprint density at radius 1 is 1.15 bits per heavy atom. The Balaban J connectivity index is 1.47. The largest absolute Gasteiger partial charge is 0.380 e. The first kappa shape index (κ1) is 16.3. The highest BCUT2D eigenvalue weighted by molar-refractivity contribution is 6.06. The van der Waals surface area contributed by atoms with Gasteiger partial charge in [-0.25, -0.2) is 4.98 Å². The minimum absolute atomic E-state index is 0.0527. The molecule has 1 aromatic carbocycles. The highest BCUT2D eigenvalue weighted by Crippen LogP contribution is 2.32. The molecule has 3 aromatic rings. The van der Waals surface area contributed by atoms with E-state index in [9.17, 15) is 4.79 Å². The van der Waals surface area contributed by atoms with Crippen LogP contribution in [-0.4, -0.2) is 21.9 Å². The molecule has 3 heterocycles. The second-order valence-electron chi connectivity index (χ2n) is 6.50. The summed E-state index contributed by atoms with van der Waals surface area (Å²) in [5, 5.41) is 3.31. The van der Waals surface area contributed by atoms with Crippen molar-refractivity contribution in [2.24, 2.45) is 0 Å². The van der Waals surface area contributed by atoms with Gasteiger partial charge in [0.1, 0.15) is 5.69 Å². The summed E-state index contributed by atoms with van der Waals surface area (Å²) in [6.45, 7) is 2.76. The second-order valence-corrected chi connectivity index (χ2v) is 6.50. The standard InChI is InChI=1S/C21H20N4O/c1-15-12-17-4-2-3-5-20(17)25(15)21(26)19-7-6-18(14-24-19)23-13-16-8-10-22-11-9-16/h2-11,14-15,23H,12-13H2,1H3. The van der Waals surface area contributed by atoms with Gasteiger partial charge in [-0.05, 0) is 54.8 Å². The molecule has 0 fully saturated rings. The van der Waals surface area contributed by atoms with E-state index in [1.54, 1.807) is 24.7 Å². The van der Waals surface area contributed by atoms with Crippen LogP contribution in [0.2, 0.25) is 0 Å². The molecule has 4 rings (SSSR count). The fourth-order valence-corrected chi connectivity index (χ4v) is 3.33. The summed E-state index contributed by atoms with van der Waals surface area (Å²) in [6.07, 6.45) is 6.13. The second kappa shape index (κ2) is 6.96. The summed E-state index contributed by atoms with van der Waals surface area (Å²) in [7, 11) is 0. The van der Waals surface area contributed by atoms with Gasteiger partial charge >= 0.3 is 0 Å². The van der Waals surface area contributed by atoms with E-state index in [0.29, 0.717) is 12.2 Å². The Bertz CT molecular complexity index is 909. The molecule has 5 nitrogen and oxygen atoms in total. The molecule has 1 unspecified atom stereocenters. The average Bonchev–Trinajstić information content (AvgIpc) is 3.03. The third-order valence-corrected chi connectivity index (χ3v) is 4.65. The fourth-order valence-electron chi connectivity index (χ4n) is 3.33. The van der Waals surface area contributed by atoms with Crippen LogP contribution in [0.1, 0.15) is 28.5 Å². The molecule has 1 aliphatic rings. The van der Waals surface area contributed by atoms with Gasteiger partial charge in [-0.3, -0.25) is 9.78 Å². The topological polar surface area (TPSA) is 58.1 Å². The van der Waals surface area contributed by atoms with Gasteiger partial charge < -0.3 is 10.2 Å². The third kappa shape index (κ3) is 3.16. The molecular formula is C21H20N4O. The predicted molar refractivity (Wildman–Crippen MR) is 102 cm³/mol. The number of carbonyl (C=O) groups is 1. The molecule has 0 radical (unpaired) electrons. The van der Waals surface area contributed by atoms with Gasteiger partial charge in [-0.2, -0.15) is 0 Å². The average molecular weight is 344 g/mol. The first-order valence-corrected chi connectivity index (χ1v) is 8.72. The highest BCUT2D eigenvalue weighted by atomic mass is 16.2. The van der Waals surface area contributed by atoms with E-state index in [0.717, 1.165) is 23.4 Å². The molecule has 0 saturated carbocycles. The summed E-state index contributed by atoms with van der Waals surface area (Å²) >= 11 is 0. The first-order chi connectivity index (χ1) is 12.7. The monoisotopic (exact) mass is 344 g/mol. The molecule has 0 saturated heterocycles. The van der Waals surface area contributed by atoms with Crippen LogP contribution in [0.4, 0.5) is 11.4 Å². The Morgan fingerprint density at radius 3 is 2.73 bits per heavy atom. The number of nitrogens with one attached hydrogen (secondary N) is 1. The normalized spacial score (nSPS) is 15.6. The molecule has 1 aliphatic heterocycles. The SMILES string of the molecule is CC1Cc2ccccc2N1C(=O)c1ccc(NCc2ccncc2)cn1. The zero-order valence-electron chi connectivity index (χ0n) is 14.6. The van der Waals surface area contributed by atoms with Crippen molar-refractivity contribution in [2.45, 2.75) is 25.9 Å². The minimum Gasteiger partial charge on any atom is -0.380 e. The maximum atomic E-state index is 12.9. The maximum Gasteiger partial charge on any atom is 0.277 e. The van der Waals surface area contributed by atoms with Crippen molar-refractivity contribution < 1.29 is 4.79 Å². The maximum absolute atomic E-state index is 12.9. The Hall–Kier alpha value is -3.21. The Kier molecular flexibility index (Phi) is 4.35. The summed E-state index contributed by atoms with van der Waals surface area (Å²) in [5.41, 5.74) is 4.69. The molecule has 1 amide bonds. The fraction of sp³-hybridized carbons (Fsp3) is 0.190. The van der Waals surface area contributed by atoms with E-state index < -0.39 is 0 Å². The number of aromatic nitrogens is 2. The molecule has 0 bridgehead atoms. The number of carbonyl (C=O) groups excluding carboxylic acids is 1. The zero-order valence-corrected chi connectivity index (χ0v) is 14.6. The number of nitrogens with zero attached hydrogens (tertiary/aromatic N) is 3. The molecule has 2 aromatic heterocycles. The molecule has 0 spiro atoms. The number of rotatable bonds is 4. The van der Waals surface area contributed by atoms with Crippen LogP contribution in [-0.2, 0) is 13.0 Å². The number of anilines is 2. The Labute approximate surface area is 152 Å². The van der Waals surface area contributed by atoms with Crippen molar-refractivity contribution in [3.8, 4) is 0 Å². The minimum atomic E-state index is -0.0527. The molecule has 1 atom stereocenters. The molecular weight excluding hydrogens is 324 g/mol. The van der Waals surface area contributed by atoms with Crippen LogP contribution >= 0.6 is 0 Å². The lowest BCUT2D eigenvalue weighted by Gasteiger charge is -2.22. The van der Waals surface area contributed by atoms with Crippen LogP contribution in [0.5, 0.6) is 0 Å². The lowest BCUT2D eigenvalue weighted by atomic mass is 10.1. The first-order valence-electron chi connectivity index (χ1n) is 8.72. The van der Waals surface area contributed by atoms with Crippen molar-refractivity contribution in [1.82, 2.24) is 9.97 Å². The number of amides is 1. The van der Waals surface area contributed by atoms with Crippen LogP contribution in [0.15, 0.2) is 67.1 Å². The van der Waals surface area contributed by atoms with Crippen LogP contribution < -0.4 is 10.2 Å². The quantitative estimate of drug-likeness (QED) is 0.784. The van der Waals surface area contributed by atoms with Crippen molar-refractivity contribution in [3.63, 3.8) is 0 Å². The van der Waals surface area contributed by atoms with Crippen LogP contribution in [0.3, 0.4) is 0 Å². The highest BCUT2D eigenvalue weighted by Gasteiger charge is 2.31. The molecule has 5 heteroatoms. The van der Waals surface area contributed by atoms with Crippen molar-refractivity contribution >= 4 is 17.3 Å². The van der Waals surface area contributed by atoms with E-state index >= 15 is 0 Å². The lowest BCUT2D eigenvalue weighted by molar-refractivity contribution is 0.0976. The van der Waals surface area contributed by atoms with E-state index in [1.165, 1.54) is 5.56 Å². The molecule has 0 aliphatic carbocycles. The van der Waals surface area contributed by atoms with Gasteiger partial charge in [-0.15, -0.1) is 0 Å². The van der Waals surface area contributed by atoms with E-state index in [-0.39, 0.29) is 11.9 Å². The van der Waals surface area contributed by atoms with Crippen molar-refractivity contribution in [3.05, 3.63) is 83.9 Å². The predicted octanol–water partition coefficient (Wildman–Crippen LogP) is 3.68. The number of para-hydroxylation sites is 1. The van der Waals surface area contributed by atoms with Crippen molar-refractivity contribution in [1.29, 1.82) is 0 Å². The van der Waals surface area contributed by atoms with E-state index in [2.05, 4.69) is 28.3 Å². The van der Waals surface area contributed by atoms with Gasteiger partial charge in [0.05, 0.1) is 11.9 Å². The lowest BCUT2D eigenvalue weighted by Crippen LogP contribution is -2.36. The van der Waals surface area contributed by atoms with E-state index in [1.807, 2.05) is 41.3 Å². The number of pyridine rings is 2. The smallest absolute Gasteiger partial charge is 0.277 e. The van der Waals surface area contributed by atoms with Crippen molar-refractivity contribution in [2.75, 3.05) is 10.2 Å². The summed E-state index contributed by atoms with van der Waals surface area (Å²) < 4.78 is 0.